The van der Waals surface area contributed by atoms with Gasteiger partial charge in [-0.1, -0.05) is 0 Å². The SMILES string of the molecule is OC1CCCC1NC1CCCOC1. The maximum absolute atomic E-state index is 9.62. The van der Waals surface area contributed by atoms with Crippen LogP contribution in [0.15, 0.2) is 0 Å². The van der Waals surface area contributed by atoms with Crippen LogP contribution in [0.2, 0.25) is 0 Å². The zero-order valence-electron chi connectivity index (χ0n) is 8.04. The third-order valence-electron chi connectivity index (χ3n) is 3.09. The van der Waals surface area contributed by atoms with Crippen LogP contribution < -0.4 is 5.32 Å². The van der Waals surface area contributed by atoms with Gasteiger partial charge in [-0.15, -0.1) is 0 Å². The highest BCUT2D eigenvalue weighted by Gasteiger charge is 2.27. The molecule has 1 aliphatic heterocycles. The van der Waals surface area contributed by atoms with Gasteiger partial charge in [-0.3, -0.25) is 0 Å². The molecule has 3 unspecified atom stereocenters. The van der Waals surface area contributed by atoms with Gasteiger partial charge in [0.25, 0.3) is 0 Å². The van der Waals surface area contributed by atoms with Gasteiger partial charge in [0.15, 0.2) is 0 Å². The highest BCUT2D eigenvalue weighted by molar-refractivity contribution is 4.86. The van der Waals surface area contributed by atoms with E-state index >= 15 is 0 Å². The van der Waals surface area contributed by atoms with Gasteiger partial charge >= 0.3 is 0 Å². The number of hydrogen-bond donors (Lipinski definition) is 2. The Labute approximate surface area is 79.5 Å². The number of hydrogen-bond acceptors (Lipinski definition) is 3. The second-order valence-corrected chi connectivity index (χ2v) is 4.19. The predicted octanol–water partition coefficient (Wildman–Crippen LogP) is 0.668. The Balaban J connectivity index is 1.75. The molecule has 1 aliphatic carbocycles. The van der Waals surface area contributed by atoms with E-state index in [2.05, 4.69) is 5.32 Å². The third-order valence-corrected chi connectivity index (χ3v) is 3.09. The molecule has 3 heteroatoms. The van der Waals surface area contributed by atoms with E-state index in [0.717, 1.165) is 38.9 Å². The first-order chi connectivity index (χ1) is 6.36. The summed E-state index contributed by atoms with van der Waals surface area (Å²) in [6, 6.07) is 0.804. The van der Waals surface area contributed by atoms with Crippen LogP contribution in [0.5, 0.6) is 0 Å². The molecule has 0 aromatic carbocycles. The van der Waals surface area contributed by atoms with E-state index in [1.54, 1.807) is 0 Å². The fourth-order valence-electron chi connectivity index (χ4n) is 2.31. The quantitative estimate of drug-likeness (QED) is 0.664. The summed E-state index contributed by atoms with van der Waals surface area (Å²) < 4.78 is 5.38. The molecule has 0 radical (unpaired) electrons. The normalized spacial score (nSPS) is 40.8. The molecule has 0 aromatic rings. The van der Waals surface area contributed by atoms with Crippen LogP contribution in [0, 0.1) is 0 Å². The van der Waals surface area contributed by atoms with Crippen LogP contribution in [0.25, 0.3) is 0 Å². The first-order valence-electron chi connectivity index (χ1n) is 5.38. The van der Waals surface area contributed by atoms with Gasteiger partial charge in [0.05, 0.1) is 12.7 Å². The molecular formula is C10H19NO2. The Morgan fingerprint density at radius 3 is 2.69 bits per heavy atom. The zero-order valence-corrected chi connectivity index (χ0v) is 8.04. The summed E-state index contributed by atoms with van der Waals surface area (Å²) in [7, 11) is 0. The molecule has 2 rings (SSSR count). The predicted molar refractivity (Wildman–Crippen MR) is 50.6 cm³/mol. The highest BCUT2D eigenvalue weighted by atomic mass is 16.5. The van der Waals surface area contributed by atoms with E-state index in [1.807, 2.05) is 0 Å². The first-order valence-corrected chi connectivity index (χ1v) is 5.38. The van der Waals surface area contributed by atoms with Gasteiger partial charge in [0.1, 0.15) is 0 Å². The van der Waals surface area contributed by atoms with Gasteiger partial charge in [-0.05, 0) is 32.1 Å². The summed E-state index contributed by atoms with van der Waals surface area (Å²) >= 11 is 0. The Bertz CT molecular complexity index is 157. The van der Waals surface area contributed by atoms with Gasteiger partial charge in [0, 0.05) is 18.7 Å². The number of nitrogens with one attached hydrogen (secondary N) is 1. The molecule has 13 heavy (non-hydrogen) atoms. The lowest BCUT2D eigenvalue weighted by Crippen LogP contribution is -2.46. The van der Waals surface area contributed by atoms with Gasteiger partial charge < -0.3 is 15.2 Å². The van der Waals surface area contributed by atoms with Crippen molar-refractivity contribution < 1.29 is 9.84 Å². The summed E-state index contributed by atoms with van der Waals surface area (Å²) in [5, 5.41) is 13.1. The lowest BCUT2D eigenvalue weighted by Gasteiger charge is -2.27. The second-order valence-electron chi connectivity index (χ2n) is 4.19. The molecule has 3 atom stereocenters. The van der Waals surface area contributed by atoms with E-state index < -0.39 is 0 Å². The lowest BCUT2D eigenvalue weighted by molar-refractivity contribution is 0.0559. The molecule has 76 valence electrons. The van der Waals surface area contributed by atoms with Crippen molar-refractivity contribution in [2.75, 3.05) is 13.2 Å². The lowest BCUT2D eigenvalue weighted by atomic mass is 10.1. The fourth-order valence-corrected chi connectivity index (χ4v) is 2.31. The van der Waals surface area contributed by atoms with Crippen molar-refractivity contribution in [2.24, 2.45) is 0 Å². The van der Waals surface area contributed by atoms with E-state index in [1.165, 1.54) is 6.42 Å². The Morgan fingerprint density at radius 1 is 1.15 bits per heavy atom. The van der Waals surface area contributed by atoms with Crippen molar-refractivity contribution in [1.82, 2.24) is 5.32 Å². The largest absolute Gasteiger partial charge is 0.392 e. The summed E-state index contributed by atoms with van der Waals surface area (Å²) in [5.41, 5.74) is 0. The van der Waals surface area contributed by atoms with E-state index in [0.29, 0.717) is 12.1 Å². The van der Waals surface area contributed by atoms with Crippen molar-refractivity contribution in [1.29, 1.82) is 0 Å². The molecule has 2 aliphatic rings. The number of aliphatic hydroxyl groups excluding tert-OH is 1. The molecule has 0 amide bonds. The summed E-state index contributed by atoms with van der Waals surface area (Å²) in [4.78, 5) is 0. The molecule has 1 saturated carbocycles. The average Bonchev–Trinajstić information content (AvgIpc) is 2.54. The Hall–Kier alpha value is -0.120. The van der Waals surface area contributed by atoms with E-state index in [-0.39, 0.29) is 6.10 Å². The van der Waals surface area contributed by atoms with Gasteiger partial charge in [0.2, 0.25) is 0 Å². The first kappa shape index (κ1) is 9.44. The maximum Gasteiger partial charge on any atom is 0.0693 e. The fraction of sp³-hybridized carbons (Fsp3) is 1.00. The molecular weight excluding hydrogens is 166 g/mol. The molecule has 0 aromatic heterocycles. The van der Waals surface area contributed by atoms with Crippen LogP contribution in [0.3, 0.4) is 0 Å². The Kier molecular flexibility index (Phi) is 3.19. The number of aliphatic hydroxyl groups is 1. The van der Waals surface area contributed by atoms with Crippen molar-refractivity contribution in [3.63, 3.8) is 0 Å². The van der Waals surface area contributed by atoms with E-state index in [9.17, 15) is 5.11 Å². The Morgan fingerprint density at radius 2 is 2.08 bits per heavy atom. The third kappa shape index (κ3) is 2.42. The van der Waals surface area contributed by atoms with Crippen molar-refractivity contribution >= 4 is 0 Å². The minimum absolute atomic E-state index is 0.123. The molecule has 3 nitrogen and oxygen atoms in total. The van der Waals surface area contributed by atoms with Crippen LogP contribution in [-0.2, 0) is 4.74 Å². The second kappa shape index (κ2) is 4.40. The highest BCUT2D eigenvalue weighted by Crippen LogP contribution is 2.20. The number of ether oxygens (including phenoxy) is 1. The van der Waals surface area contributed by atoms with Crippen molar-refractivity contribution in [3.05, 3.63) is 0 Å². The van der Waals surface area contributed by atoms with Crippen LogP contribution in [-0.4, -0.2) is 36.5 Å². The monoisotopic (exact) mass is 185 g/mol. The van der Waals surface area contributed by atoms with Crippen molar-refractivity contribution in [3.8, 4) is 0 Å². The van der Waals surface area contributed by atoms with Crippen molar-refractivity contribution in [2.45, 2.75) is 50.3 Å². The maximum atomic E-state index is 9.62. The summed E-state index contributed by atoms with van der Waals surface area (Å²) in [5.74, 6) is 0. The molecule has 2 fully saturated rings. The standard InChI is InChI=1S/C10H19NO2/c12-10-5-1-4-9(10)11-8-3-2-6-13-7-8/h8-12H,1-7H2. The van der Waals surface area contributed by atoms with Crippen LogP contribution in [0.1, 0.15) is 32.1 Å². The minimum Gasteiger partial charge on any atom is -0.392 e. The molecule has 2 N–H and O–H groups in total. The molecule has 1 saturated heterocycles. The molecule has 1 heterocycles. The number of rotatable bonds is 2. The average molecular weight is 185 g/mol. The van der Waals surface area contributed by atoms with E-state index in [4.69, 9.17) is 4.74 Å². The van der Waals surface area contributed by atoms with Gasteiger partial charge in [-0.2, -0.15) is 0 Å². The van der Waals surface area contributed by atoms with Crippen LogP contribution in [0.4, 0.5) is 0 Å². The summed E-state index contributed by atoms with van der Waals surface area (Å²) in [6.45, 7) is 1.73. The summed E-state index contributed by atoms with van der Waals surface area (Å²) in [6.07, 6.45) is 5.47. The molecule has 0 bridgehead atoms. The molecule has 0 spiro atoms. The van der Waals surface area contributed by atoms with Crippen LogP contribution >= 0.6 is 0 Å². The smallest absolute Gasteiger partial charge is 0.0693 e. The zero-order chi connectivity index (χ0) is 9.10. The van der Waals surface area contributed by atoms with Gasteiger partial charge in [-0.25, -0.2) is 0 Å². The topological polar surface area (TPSA) is 41.5 Å². The minimum atomic E-state index is -0.123.